The van der Waals surface area contributed by atoms with Crippen LogP contribution in [0, 0.1) is 13.8 Å². The molecule has 10 heteroatoms. The Kier molecular flexibility index (Phi) is 5.90. The van der Waals surface area contributed by atoms with Crippen LogP contribution in [0.3, 0.4) is 0 Å². The number of sulfonamides is 1. The number of nitrogens with one attached hydrogen (secondary N) is 2. The lowest BCUT2D eigenvalue weighted by Crippen LogP contribution is -2.45. The number of rotatable bonds is 5. The molecule has 0 aliphatic carbocycles. The molecule has 0 bridgehead atoms. The van der Waals surface area contributed by atoms with Crippen molar-refractivity contribution in [1.82, 2.24) is 25.0 Å². The molecule has 0 spiro atoms. The Morgan fingerprint density at radius 1 is 1.16 bits per heavy atom. The topological polar surface area (TPSA) is 140 Å². The molecule has 4 rings (SSSR count). The van der Waals surface area contributed by atoms with E-state index >= 15 is 0 Å². The molecule has 4 N–H and O–H groups in total. The van der Waals surface area contributed by atoms with E-state index in [9.17, 15) is 13.2 Å². The quantitative estimate of drug-likeness (QED) is 0.537. The minimum absolute atomic E-state index is 0.101. The summed E-state index contributed by atoms with van der Waals surface area (Å²) in [5, 5.41) is 2.70. The number of aromatic nitrogens is 3. The molecule has 1 fully saturated rings. The van der Waals surface area contributed by atoms with Gasteiger partial charge in [0.15, 0.2) is 0 Å². The van der Waals surface area contributed by atoms with Crippen molar-refractivity contribution in [3.63, 3.8) is 0 Å². The van der Waals surface area contributed by atoms with E-state index in [0.717, 1.165) is 16.8 Å². The Morgan fingerprint density at radius 3 is 2.72 bits per heavy atom. The number of nitrogen functional groups attached to an aromatic ring is 1. The Balaban J connectivity index is 1.70. The highest BCUT2D eigenvalue weighted by Gasteiger charge is 2.25. The van der Waals surface area contributed by atoms with E-state index in [1.807, 2.05) is 19.9 Å². The predicted molar refractivity (Wildman–Crippen MR) is 121 cm³/mol. The van der Waals surface area contributed by atoms with E-state index in [2.05, 4.69) is 25.0 Å². The zero-order chi connectivity index (χ0) is 22.9. The zero-order valence-electron chi connectivity index (χ0n) is 17.8. The highest BCUT2D eigenvalue weighted by Crippen LogP contribution is 2.29. The smallest absolute Gasteiger partial charge is 0.240 e. The van der Waals surface area contributed by atoms with Crippen molar-refractivity contribution in [2.24, 2.45) is 0 Å². The van der Waals surface area contributed by atoms with Crippen LogP contribution < -0.4 is 15.8 Å². The molecule has 1 aromatic carbocycles. The highest BCUT2D eigenvalue weighted by molar-refractivity contribution is 7.89. The molecule has 1 amide bonds. The summed E-state index contributed by atoms with van der Waals surface area (Å²) in [7, 11) is -3.82. The first-order valence-electron chi connectivity index (χ1n) is 10.2. The average molecular weight is 453 g/mol. The van der Waals surface area contributed by atoms with Gasteiger partial charge in [-0.25, -0.2) is 23.1 Å². The molecule has 9 nitrogen and oxygen atoms in total. The number of piperidine rings is 1. The molecule has 1 saturated heterocycles. The summed E-state index contributed by atoms with van der Waals surface area (Å²) < 4.78 is 28.6. The van der Waals surface area contributed by atoms with Gasteiger partial charge in [-0.15, -0.1) is 0 Å². The molecule has 1 aliphatic heterocycles. The summed E-state index contributed by atoms with van der Waals surface area (Å²) in [6.45, 7) is 4.20. The Labute approximate surface area is 186 Å². The van der Waals surface area contributed by atoms with Crippen molar-refractivity contribution >= 4 is 21.7 Å². The first-order chi connectivity index (χ1) is 15.2. The fourth-order valence-corrected chi connectivity index (χ4v) is 4.95. The third-order valence-corrected chi connectivity index (χ3v) is 6.85. The van der Waals surface area contributed by atoms with E-state index in [-0.39, 0.29) is 23.0 Å². The number of anilines is 1. The van der Waals surface area contributed by atoms with Crippen LogP contribution in [0.1, 0.15) is 24.1 Å². The maximum Gasteiger partial charge on any atom is 0.240 e. The predicted octanol–water partition coefficient (Wildman–Crippen LogP) is 1.96. The van der Waals surface area contributed by atoms with Gasteiger partial charge in [0.1, 0.15) is 11.5 Å². The number of aryl methyl sites for hydroxylation is 2. The molecule has 0 radical (unpaired) electrons. The number of nitrogens with two attached hydrogens (primary N) is 1. The average Bonchev–Trinajstić information content (AvgIpc) is 2.74. The minimum Gasteiger partial charge on any atom is -0.382 e. The number of amides is 1. The summed E-state index contributed by atoms with van der Waals surface area (Å²) in [5.74, 6) is 0.114. The van der Waals surface area contributed by atoms with Gasteiger partial charge < -0.3 is 11.1 Å². The van der Waals surface area contributed by atoms with Gasteiger partial charge >= 0.3 is 0 Å². The van der Waals surface area contributed by atoms with Crippen molar-refractivity contribution in [3.8, 4) is 22.5 Å². The van der Waals surface area contributed by atoms with E-state index in [0.29, 0.717) is 29.9 Å². The van der Waals surface area contributed by atoms with Crippen LogP contribution in [0.2, 0.25) is 0 Å². The van der Waals surface area contributed by atoms with Crippen LogP contribution in [0.5, 0.6) is 0 Å². The molecule has 1 aliphatic rings. The zero-order valence-corrected chi connectivity index (χ0v) is 18.6. The summed E-state index contributed by atoms with van der Waals surface area (Å²) >= 11 is 0. The van der Waals surface area contributed by atoms with Crippen LogP contribution >= 0.6 is 0 Å². The van der Waals surface area contributed by atoms with Crippen molar-refractivity contribution in [2.45, 2.75) is 37.6 Å². The highest BCUT2D eigenvalue weighted by atomic mass is 32.2. The van der Waals surface area contributed by atoms with Gasteiger partial charge in [0.05, 0.1) is 16.8 Å². The van der Waals surface area contributed by atoms with Gasteiger partial charge in [0, 0.05) is 42.0 Å². The summed E-state index contributed by atoms with van der Waals surface area (Å²) in [6.07, 6.45) is 3.87. The molecule has 1 atom stereocenters. The van der Waals surface area contributed by atoms with Crippen molar-refractivity contribution in [1.29, 1.82) is 0 Å². The van der Waals surface area contributed by atoms with Gasteiger partial charge in [-0.2, -0.15) is 0 Å². The number of pyridine rings is 1. The van der Waals surface area contributed by atoms with Gasteiger partial charge in [0.2, 0.25) is 15.9 Å². The van der Waals surface area contributed by atoms with Crippen molar-refractivity contribution in [3.05, 3.63) is 54.0 Å². The van der Waals surface area contributed by atoms with Crippen LogP contribution in [0.15, 0.2) is 47.6 Å². The van der Waals surface area contributed by atoms with Crippen LogP contribution in [-0.2, 0) is 14.8 Å². The first-order valence-corrected chi connectivity index (χ1v) is 11.7. The number of carbonyl (C=O) groups is 1. The van der Waals surface area contributed by atoms with E-state index < -0.39 is 16.1 Å². The Morgan fingerprint density at radius 2 is 1.97 bits per heavy atom. The Bertz CT molecular complexity index is 1290. The summed E-state index contributed by atoms with van der Waals surface area (Å²) in [6, 6.07) is 8.07. The van der Waals surface area contributed by atoms with E-state index in [4.69, 9.17) is 5.73 Å². The normalized spacial score (nSPS) is 16.6. The number of hydrogen-bond acceptors (Lipinski definition) is 7. The molecule has 1 unspecified atom stereocenters. The largest absolute Gasteiger partial charge is 0.382 e. The second kappa shape index (κ2) is 8.64. The fourth-order valence-electron chi connectivity index (χ4n) is 3.65. The molecule has 3 heterocycles. The minimum atomic E-state index is -3.82. The van der Waals surface area contributed by atoms with E-state index in [1.165, 1.54) is 6.20 Å². The maximum absolute atomic E-state index is 13.0. The van der Waals surface area contributed by atoms with E-state index in [1.54, 1.807) is 30.5 Å². The lowest BCUT2D eigenvalue weighted by atomic mass is 10.1. The second-order valence-electron chi connectivity index (χ2n) is 7.81. The standard InChI is InChI=1S/C22H24N6O3S/c1-13-3-4-17(32(30,31)28-16-6-8-25-20(29)10-16)11-18(13)19-12-26-22(23)21(27-19)15-5-7-24-14(2)9-15/h3-5,7,9,11-12,16,28H,6,8,10H2,1-2H3,(H2,23,26)(H,25,29). The van der Waals surface area contributed by atoms with Gasteiger partial charge in [-0.1, -0.05) is 6.07 Å². The summed E-state index contributed by atoms with van der Waals surface area (Å²) in [5.41, 5.74) is 10.2. The third-order valence-electron chi connectivity index (χ3n) is 5.33. The van der Waals surface area contributed by atoms with Crippen LogP contribution in [0.4, 0.5) is 5.82 Å². The molecule has 166 valence electrons. The third kappa shape index (κ3) is 4.61. The molecule has 0 saturated carbocycles. The van der Waals surface area contributed by atoms with Crippen LogP contribution in [-0.4, -0.2) is 41.9 Å². The van der Waals surface area contributed by atoms with Gasteiger partial charge in [-0.05, 0) is 50.1 Å². The fraction of sp³-hybridized carbons (Fsp3) is 0.273. The van der Waals surface area contributed by atoms with Crippen molar-refractivity contribution in [2.75, 3.05) is 12.3 Å². The maximum atomic E-state index is 13.0. The first kappa shape index (κ1) is 21.8. The molecular formula is C22H24N6O3S. The molecule has 32 heavy (non-hydrogen) atoms. The van der Waals surface area contributed by atoms with Gasteiger partial charge in [0.25, 0.3) is 0 Å². The Hall–Kier alpha value is -3.37. The lowest BCUT2D eigenvalue weighted by molar-refractivity contribution is -0.122. The number of hydrogen-bond donors (Lipinski definition) is 3. The lowest BCUT2D eigenvalue weighted by Gasteiger charge is -2.23. The van der Waals surface area contributed by atoms with Crippen LogP contribution in [0.25, 0.3) is 22.5 Å². The molecule has 2 aromatic heterocycles. The second-order valence-corrected chi connectivity index (χ2v) is 9.53. The summed E-state index contributed by atoms with van der Waals surface area (Å²) in [4.78, 5) is 24.9. The molecular weight excluding hydrogens is 428 g/mol. The molecule has 3 aromatic rings. The number of nitrogens with zero attached hydrogens (tertiary/aromatic N) is 3. The number of carbonyl (C=O) groups excluding carboxylic acids is 1. The SMILES string of the molecule is Cc1cc(-c2nc(-c3cc(S(=O)(=O)NC4CCNC(=O)C4)ccc3C)cnc2N)ccn1. The monoisotopic (exact) mass is 452 g/mol. The number of benzene rings is 1. The van der Waals surface area contributed by atoms with Gasteiger partial charge in [-0.3, -0.25) is 9.78 Å². The van der Waals surface area contributed by atoms with Crippen molar-refractivity contribution < 1.29 is 13.2 Å².